The molecular formula is C13H22N4O4. The first kappa shape index (κ1) is 15.6. The highest BCUT2D eigenvalue weighted by atomic mass is 16.4. The number of nitrogens with two attached hydrogens (primary N) is 1. The highest BCUT2D eigenvalue weighted by molar-refractivity contribution is 5.87. The van der Waals surface area contributed by atoms with E-state index in [4.69, 9.17) is 10.8 Å². The van der Waals surface area contributed by atoms with Gasteiger partial charge < -0.3 is 21.1 Å². The smallest absolute Gasteiger partial charge is 0.326 e. The molecule has 118 valence electrons. The van der Waals surface area contributed by atoms with Crippen LogP contribution >= 0.6 is 0 Å². The molecule has 0 aromatic heterocycles. The Kier molecular flexibility index (Phi) is 5.00. The van der Waals surface area contributed by atoms with E-state index in [2.05, 4.69) is 10.2 Å². The lowest BCUT2D eigenvalue weighted by Crippen LogP contribution is -2.59. The number of aliphatic carboxylic acids is 1. The molecule has 2 heterocycles. The molecule has 2 saturated heterocycles. The molecule has 2 rings (SSSR count). The fourth-order valence-electron chi connectivity index (χ4n) is 2.98. The minimum atomic E-state index is -1.26. The number of fused-ring (bicyclic) bond motifs is 1. The molecular weight excluding hydrogens is 276 g/mol. The van der Waals surface area contributed by atoms with Crippen LogP contribution in [0.25, 0.3) is 0 Å². The molecule has 0 aromatic carbocycles. The number of nitrogens with one attached hydrogen (secondary N) is 1. The minimum Gasteiger partial charge on any atom is -0.480 e. The van der Waals surface area contributed by atoms with Crippen molar-refractivity contribution in [2.24, 2.45) is 5.73 Å². The van der Waals surface area contributed by atoms with E-state index < -0.39 is 30.4 Å². The molecule has 2 fully saturated rings. The third kappa shape index (κ3) is 4.07. The fourth-order valence-corrected chi connectivity index (χ4v) is 2.98. The van der Waals surface area contributed by atoms with Crippen molar-refractivity contribution in [3.05, 3.63) is 0 Å². The maximum absolute atomic E-state index is 12.1. The molecule has 0 aromatic rings. The zero-order valence-electron chi connectivity index (χ0n) is 12.0. The van der Waals surface area contributed by atoms with E-state index in [-0.39, 0.29) is 0 Å². The van der Waals surface area contributed by atoms with Gasteiger partial charge in [0.15, 0.2) is 0 Å². The van der Waals surface area contributed by atoms with Gasteiger partial charge in [0.1, 0.15) is 6.04 Å². The van der Waals surface area contributed by atoms with E-state index in [1.165, 1.54) is 6.42 Å². The van der Waals surface area contributed by atoms with Crippen LogP contribution in [-0.4, -0.2) is 71.1 Å². The lowest BCUT2D eigenvalue weighted by atomic mass is 10.00. The Hall–Kier alpha value is -1.83. The van der Waals surface area contributed by atoms with E-state index in [1.54, 1.807) is 4.90 Å². The van der Waals surface area contributed by atoms with Crippen LogP contribution < -0.4 is 11.1 Å². The van der Waals surface area contributed by atoms with Gasteiger partial charge in [-0.2, -0.15) is 0 Å². The second-order valence-electron chi connectivity index (χ2n) is 5.64. The average Bonchev–Trinajstić information content (AvgIpc) is 2.45. The van der Waals surface area contributed by atoms with Crippen LogP contribution in [-0.2, 0) is 9.59 Å². The van der Waals surface area contributed by atoms with Crippen LogP contribution in [0.5, 0.6) is 0 Å². The summed E-state index contributed by atoms with van der Waals surface area (Å²) in [4.78, 5) is 38.0. The van der Waals surface area contributed by atoms with Gasteiger partial charge in [-0.3, -0.25) is 9.69 Å². The van der Waals surface area contributed by atoms with Crippen LogP contribution in [0.4, 0.5) is 4.79 Å². The predicted octanol–water partition coefficient (Wildman–Crippen LogP) is -0.805. The van der Waals surface area contributed by atoms with E-state index in [9.17, 15) is 14.4 Å². The van der Waals surface area contributed by atoms with Gasteiger partial charge in [-0.15, -0.1) is 0 Å². The molecule has 0 radical (unpaired) electrons. The van der Waals surface area contributed by atoms with Crippen molar-refractivity contribution in [1.29, 1.82) is 0 Å². The van der Waals surface area contributed by atoms with Crippen molar-refractivity contribution in [3.8, 4) is 0 Å². The van der Waals surface area contributed by atoms with Gasteiger partial charge in [0.2, 0.25) is 5.91 Å². The highest BCUT2D eigenvalue weighted by Crippen LogP contribution is 2.21. The van der Waals surface area contributed by atoms with Gasteiger partial charge in [0.25, 0.3) is 0 Å². The summed E-state index contributed by atoms with van der Waals surface area (Å²) >= 11 is 0. The van der Waals surface area contributed by atoms with E-state index in [0.29, 0.717) is 19.1 Å². The van der Waals surface area contributed by atoms with Gasteiger partial charge >= 0.3 is 12.0 Å². The van der Waals surface area contributed by atoms with Crippen molar-refractivity contribution < 1.29 is 19.5 Å². The molecule has 0 spiro atoms. The molecule has 3 amide bonds. The summed E-state index contributed by atoms with van der Waals surface area (Å²) in [5.41, 5.74) is 5.00. The number of primary amides is 1. The van der Waals surface area contributed by atoms with Gasteiger partial charge in [0, 0.05) is 25.7 Å². The predicted molar refractivity (Wildman–Crippen MR) is 74.6 cm³/mol. The van der Waals surface area contributed by atoms with Gasteiger partial charge in [-0.25, -0.2) is 9.59 Å². The number of hydrogen-bond donors (Lipinski definition) is 3. The van der Waals surface area contributed by atoms with Crippen molar-refractivity contribution >= 4 is 17.9 Å². The summed E-state index contributed by atoms with van der Waals surface area (Å²) in [6.07, 6.45) is 3.02. The van der Waals surface area contributed by atoms with Crippen molar-refractivity contribution in [2.45, 2.75) is 37.8 Å². The summed E-state index contributed by atoms with van der Waals surface area (Å²) in [5.74, 6) is -2.00. The number of hydrogen-bond acceptors (Lipinski definition) is 4. The van der Waals surface area contributed by atoms with E-state index in [0.717, 1.165) is 25.9 Å². The molecule has 2 aliphatic heterocycles. The monoisotopic (exact) mass is 298 g/mol. The second kappa shape index (κ2) is 6.75. The number of piperazine rings is 1. The standard InChI is InChI=1S/C13H22N4O4/c14-11(18)7-10(12(19)20)15-13(21)17-6-5-16-4-2-1-3-9(16)8-17/h9-10H,1-8H2,(H2,14,18)(H,15,21)(H,19,20)/t9?,10-/m1/s1. The van der Waals surface area contributed by atoms with Gasteiger partial charge in [-0.1, -0.05) is 6.42 Å². The first-order valence-corrected chi connectivity index (χ1v) is 7.28. The minimum absolute atomic E-state index is 0.359. The molecule has 8 nitrogen and oxygen atoms in total. The Morgan fingerprint density at radius 3 is 2.67 bits per heavy atom. The highest BCUT2D eigenvalue weighted by Gasteiger charge is 2.32. The number of carboxylic acids is 1. The lowest BCUT2D eigenvalue weighted by molar-refractivity contribution is -0.141. The maximum atomic E-state index is 12.1. The first-order valence-electron chi connectivity index (χ1n) is 7.28. The number of rotatable bonds is 4. The number of carboxylic acid groups (broad SMARTS) is 1. The number of amides is 3. The first-order chi connectivity index (χ1) is 9.97. The number of carbonyl (C=O) groups is 3. The third-order valence-corrected chi connectivity index (χ3v) is 4.13. The lowest BCUT2D eigenvalue weighted by Gasteiger charge is -2.44. The zero-order valence-corrected chi connectivity index (χ0v) is 12.0. The summed E-state index contributed by atoms with van der Waals surface area (Å²) in [7, 11) is 0. The zero-order chi connectivity index (χ0) is 15.4. The quantitative estimate of drug-likeness (QED) is 0.628. The topological polar surface area (TPSA) is 116 Å². The van der Waals surface area contributed by atoms with Crippen molar-refractivity contribution in [3.63, 3.8) is 0 Å². The van der Waals surface area contributed by atoms with Crippen molar-refractivity contribution in [2.75, 3.05) is 26.2 Å². The molecule has 4 N–H and O–H groups in total. The summed E-state index contributed by atoms with van der Waals surface area (Å²) < 4.78 is 0. The molecule has 0 bridgehead atoms. The SMILES string of the molecule is NC(=O)C[C@@H](NC(=O)N1CCN2CCCCC2C1)C(=O)O. The Morgan fingerprint density at radius 1 is 1.24 bits per heavy atom. The van der Waals surface area contributed by atoms with Crippen LogP contribution in [0.2, 0.25) is 0 Å². The molecule has 0 saturated carbocycles. The number of piperidine rings is 1. The summed E-state index contributed by atoms with van der Waals surface area (Å²) in [6.45, 7) is 3.06. The number of nitrogens with zero attached hydrogens (tertiary/aromatic N) is 2. The van der Waals surface area contributed by atoms with E-state index >= 15 is 0 Å². The normalized spacial score (nSPS) is 24.0. The average molecular weight is 298 g/mol. The molecule has 21 heavy (non-hydrogen) atoms. The molecule has 0 aliphatic carbocycles. The largest absolute Gasteiger partial charge is 0.480 e. The fraction of sp³-hybridized carbons (Fsp3) is 0.769. The Labute approximate surface area is 123 Å². The summed E-state index contributed by atoms with van der Waals surface area (Å²) in [5, 5.41) is 11.4. The Balaban J connectivity index is 1.90. The van der Waals surface area contributed by atoms with Gasteiger partial charge in [-0.05, 0) is 19.4 Å². The molecule has 2 aliphatic rings. The van der Waals surface area contributed by atoms with Crippen LogP contribution in [0.3, 0.4) is 0 Å². The summed E-state index contributed by atoms with van der Waals surface area (Å²) in [6, 6.07) is -1.34. The second-order valence-corrected chi connectivity index (χ2v) is 5.64. The molecule has 1 unspecified atom stereocenters. The van der Waals surface area contributed by atoms with Crippen molar-refractivity contribution in [1.82, 2.24) is 15.1 Å². The molecule has 8 heteroatoms. The Morgan fingerprint density at radius 2 is 2.00 bits per heavy atom. The maximum Gasteiger partial charge on any atom is 0.326 e. The van der Waals surface area contributed by atoms with Crippen LogP contribution in [0.1, 0.15) is 25.7 Å². The third-order valence-electron chi connectivity index (χ3n) is 4.13. The number of carbonyl (C=O) groups excluding carboxylic acids is 2. The number of urea groups is 1. The van der Waals surface area contributed by atoms with E-state index in [1.807, 2.05) is 0 Å². The molecule has 2 atom stereocenters. The van der Waals surface area contributed by atoms with Crippen LogP contribution in [0.15, 0.2) is 0 Å². The van der Waals surface area contributed by atoms with Crippen LogP contribution in [0, 0.1) is 0 Å². The Bertz CT molecular complexity index is 428. The van der Waals surface area contributed by atoms with Gasteiger partial charge in [0.05, 0.1) is 6.42 Å².